The first-order valence-corrected chi connectivity index (χ1v) is 11.0. The van der Waals surface area contributed by atoms with Gasteiger partial charge in [0.15, 0.2) is 5.96 Å². The maximum absolute atomic E-state index is 4.94. The number of nitrogens with zero attached hydrogens (tertiary/aromatic N) is 3. The molecule has 2 aliphatic rings. The van der Waals surface area contributed by atoms with E-state index >= 15 is 0 Å². The van der Waals surface area contributed by atoms with Crippen molar-refractivity contribution in [3.8, 4) is 0 Å². The van der Waals surface area contributed by atoms with Crippen LogP contribution >= 0.6 is 24.0 Å². The summed E-state index contributed by atoms with van der Waals surface area (Å²) in [6, 6.07) is 0. The summed E-state index contributed by atoms with van der Waals surface area (Å²) in [5, 5.41) is 6.99. The molecule has 0 unspecified atom stereocenters. The largest absolute Gasteiger partial charge is 0.357 e. The molecule has 5 nitrogen and oxygen atoms in total. The maximum atomic E-state index is 4.94. The highest BCUT2D eigenvalue weighted by atomic mass is 127. The number of rotatable bonds is 9. The van der Waals surface area contributed by atoms with E-state index in [1.165, 1.54) is 71.2 Å². The lowest BCUT2D eigenvalue weighted by molar-refractivity contribution is 0.111. The van der Waals surface area contributed by atoms with Gasteiger partial charge in [0, 0.05) is 32.7 Å². The highest BCUT2D eigenvalue weighted by Crippen LogP contribution is 2.46. The molecule has 1 heterocycles. The predicted octanol–water partition coefficient (Wildman–Crippen LogP) is 3.40. The van der Waals surface area contributed by atoms with E-state index in [0.29, 0.717) is 5.41 Å². The summed E-state index contributed by atoms with van der Waals surface area (Å²) in [7, 11) is 2.23. The van der Waals surface area contributed by atoms with Gasteiger partial charge in [-0.25, -0.2) is 0 Å². The molecule has 0 bridgehead atoms. The summed E-state index contributed by atoms with van der Waals surface area (Å²) < 4.78 is 0. The molecule has 0 atom stereocenters. The molecular weight excluding hydrogens is 449 g/mol. The minimum Gasteiger partial charge on any atom is -0.357 e. The van der Waals surface area contributed by atoms with Gasteiger partial charge in [0.1, 0.15) is 0 Å². The van der Waals surface area contributed by atoms with E-state index in [4.69, 9.17) is 4.99 Å². The standard InChI is InChI=1S/C21H43N5.HI/c1-5-22-20(24-18-21(9-6-10-21)17-19(2)3)23-11-7-13-26-14-8-12-25(4)15-16-26;/h19H,5-18H2,1-4H3,(H2,22,23,24);1H. The van der Waals surface area contributed by atoms with Gasteiger partial charge < -0.3 is 20.4 Å². The van der Waals surface area contributed by atoms with Crippen molar-refractivity contribution < 1.29 is 0 Å². The van der Waals surface area contributed by atoms with Gasteiger partial charge in [-0.05, 0) is 77.0 Å². The first-order chi connectivity index (χ1) is 12.5. The molecule has 0 amide bonds. The Bertz CT molecular complexity index is 423. The van der Waals surface area contributed by atoms with Crippen molar-refractivity contribution >= 4 is 29.9 Å². The fourth-order valence-electron chi connectivity index (χ4n) is 4.39. The van der Waals surface area contributed by atoms with Crippen molar-refractivity contribution in [3.63, 3.8) is 0 Å². The summed E-state index contributed by atoms with van der Waals surface area (Å²) in [5.41, 5.74) is 0.481. The average molecular weight is 494 g/mol. The van der Waals surface area contributed by atoms with Crippen molar-refractivity contribution in [1.82, 2.24) is 20.4 Å². The molecule has 27 heavy (non-hydrogen) atoms. The van der Waals surface area contributed by atoms with Crippen LogP contribution in [0.4, 0.5) is 0 Å². The van der Waals surface area contributed by atoms with Crippen LogP contribution in [0.25, 0.3) is 0 Å². The number of guanidine groups is 1. The topological polar surface area (TPSA) is 42.9 Å². The molecular formula is C21H44IN5. The van der Waals surface area contributed by atoms with Gasteiger partial charge in [0.05, 0.1) is 0 Å². The van der Waals surface area contributed by atoms with Crippen LogP contribution in [0.15, 0.2) is 4.99 Å². The number of aliphatic imine (C=N–C) groups is 1. The Labute approximate surface area is 185 Å². The van der Waals surface area contributed by atoms with Gasteiger partial charge >= 0.3 is 0 Å². The van der Waals surface area contributed by atoms with Crippen molar-refractivity contribution in [1.29, 1.82) is 0 Å². The van der Waals surface area contributed by atoms with Gasteiger partial charge in [-0.2, -0.15) is 0 Å². The second-order valence-corrected chi connectivity index (χ2v) is 8.93. The van der Waals surface area contributed by atoms with Crippen molar-refractivity contribution in [2.24, 2.45) is 16.3 Å². The minimum atomic E-state index is 0. The molecule has 1 saturated heterocycles. The normalized spacial score (nSPS) is 21.3. The minimum absolute atomic E-state index is 0. The smallest absolute Gasteiger partial charge is 0.191 e. The molecule has 1 aliphatic heterocycles. The fraction of sp³-hybridized carbons (Fsp3) is 0.952. The predicted molar refractivity (Wildman–Crippen MR) is 128 cm³/mol. The zero-order valence-corrected chi connectivity index (χ0v) is 20.6. The highest BCUT2D eigenvalue weighted by molar-refractivity contribution is 14.0. The van der Waals surface area contributed by atoms with Crippen LogP contribution in [-0.2, 0) is 0 Å². The third-order valence-electron chi connectivity index (χ3n) is 5.93. The molecule has 0 spiro atoms. The van der Waals surface area contributed by atoms with Crippen LogP contribution in [0.3, 0.4) is 0 Å². The van der Waals surface area contributed by atoms with Gasteiger partial charge in [0.25, 0.3) is 0 Å². The third kappa shape index (κ3) is 9.31. The summed E-state index contributed by atoms with van der Waals surface area (Å²) in [5.74, 6) is 1.78. The Hall–Kier alpha value is -0.0800. The molecule has 1 saturated carbocycles. The lowest BCUT2D eigenvalue weighted by atomic mass is 9.64. The Kier molecular flexibility index (Phi) is 12.2. The molecule has 2 rings (SSSR count). The summed E-state index contributed by atoms with van der Waals surface area (Å²) in [6.07, 6.45) is 7.91. The number of halogens is 1. The fourth-order valence-corrected chi connectivity index (χ4v) is 4.39. The second-order valence-electron chi connectivity index (χ2n) is 8.93. The van der Waals surface area contributed by atoms with Gasteiger partial charge in [0.2, 0.25) is 0 Å². The average Bonchev–Trinajstić information content (AvgIpc) is 2.77. The Balaban J connectivity index is 0.00000364. The van der Waals surface area contributed by atoms with Crippen molar-refractivity contribution in [3.05, 3.63) is 0 Å². The summed E-state index contributed by atoms with van der Waals surface area (Å²) in [4.78, 5) is 10.0. The zero-order chi connectivity index (χ0) is 18.8. The van der Waals surface area contributed by atoms with E-state index in [1.54, 1.807) is 0 Å². The molecule has 2 N–H and O–H groups in total. The van der Waals surface area contributed by atoms with Crippen LogP contribution in [0, 0.1) is 11.3 Å². The van der Waals surface area contributed by atoms with Crippen LogP contribution in [0.2, 0.25) is 0 Å². The molecule has 0 aromatic heterocycles. The zero-order valence-electron chi connectivity index (χ0n) is 18.2. The van der Waals surface area contributed by atoms with E-state index in [1.807, 2.05) is 0 Å². The van der Waals surface area contributed by atoms with Crippen LogP contribution in [0.1, 0.15) is 59.3 Å². The molecule has 0 aromatic carbocycles. The lowest BCUT2D eigenvalue weighted by Gasteiger charge is -2.42. The molecule has 1 aliphatic carbocycles. The number of nitrogens with one attached hydrogen (secondary N) is 2. The Morgan fingerprint density at radius 2 is 1.85 bits per heavy atom. The number of hydrogen-bond acceptors (Lipinski definition) is 3. The van der Waals surface area contributed by atoms with Gasteiger partial charge in [-0.15, -0.1) is 24.0 Å². The summed E-state index contributed by atoms with van der Waals surface area (Å²) >= 11 is 0. The SMILES string of the molecule is CCNC(=NCC1(CC(C)C)CCC1)NCCCN1CCCN(C)CC1.I. The first kappa shape index (κ1) is 25.0. The second kappa shape index (κ2) is 13.2. The van der Waals surface area contributed by atoms with E-state index in [2.05, 4.69) is 48.3 Å². The first-order valence-electron chi connectivity index (χ1n) is 11.0. The highest BCUT2D eigenvalue weighted by Gasteiger charge is 2.37. The number of likely N-dealkylation sites (N-methyl/N-ethyl adjacent to an activating group) is 1. The molecule has 2 fully saturated rings. The van der Waals surface area contributed by atoms with Crippen molar-refractivity contribution in [2.75, 3.05) is 59.4 Å². The molecule has 0 radical (unpaired) electrons. The van der Waals surface area contributed by atoms with Crippen LogP contribution < -0.4 is 10.6 Å². The summed E-state index contributed by atoms with van der Waals surface area (Å²) in [6.45, 7) is 15.9. The third-order valence-corrected chi connectivity index (χ3v) is 5.93. The Morgan fingerprint density at radius 3 is 2.48 bits per heavy atom. The molecule has 160 valence electrons. The molecule has 0 aromatic rings. The lowest BCUT2D eigenvalue weighted by Crippen LogP contribution is -2.41. The van der Waals surface area contributed by atoms with Gasteiger partial charge in [-0.3, -0.25) is 4.99 Å². The monoisotopic (exact) mass is 493 g/mol. The van der Waals surface area contributed by atoms with E-state index in [-0.39, 0.29) is 24.0 Å². The Morgan fingerprint density at radius 1 is 1.07 bits per heavy atom. The number of hydrogen-bond donors (Lipinski definition) is 2. The maximum Gasteiger partial charge on any atom is 0.191 e. The van der Waals surface area contributed by atoms with Crippen LogP contribution in [0.5, 0.6) is 0 Å². The van der Waals surface area contributed by atoms with E-state index in [0.717, 1.165) is 31.5 Å². The van der Waals surface area contributed by atoms with Gasteiger partial charge in [-0.1, -0.05) is 20.3 Å². The van der Waals surface area contributed by atoms with E-state index in [9.17, 15) is 0 Å². The van der Waals surface area contributed by atoms with Crippen LogP contribution in [-0.4, -0.2) is 75.2 Å². The van der Waals surface area contributed by atoms with Crippen molar-refractivity contribution in [2.45, 2.75) is 59.3 Å². The quantitative estimate of drug-likeness (QED) is 0.224. The molecule has 6 heteroatoms. The van der Waals surface area contributed by atoms with E-state index < -0.39 is 0 Å².